The Morgan fingerprint density at radius 2 is 1.81 bits per heavy atom. The largest absolute Gasteiger partial charge is 0.382 e. The first-order chi connectivity index (χ1) is 17.7. The van der Waals surface area contributed by atoms with Gasteiger partial charge in [-0.25, -0.2) is 9.69 Å². The summed E-state index contributed by atoms with van der Waals surface area (Å²) in [5.74, 6) is -0.178. The lowest BCUT2D eigenvalue weighted by molar-refractivity contribution is 0.0743. The number of piperidine rings is 1. The van der Waals surface area contributed by atoms with E-state index in [4.69, 9.17) is 27.4 Å². The molecular weight excluding hydrogens is 603 g/mol. The molecule has 0 spiro atoms. The van der Waals surface area contributed by atoms with Crippen molar-refractivity contribution in [3.05, 3.63) is 63.8 Å². The molecule has 3 aromatic rings. The molecule has 12 heteroatoms. The van der Waals surface area contributed by atoms with Crippen molar-refractivity contribution >= 4 is 55.2 Å². The molecule has 8 nitrogen and oxygen atoms in total. The highest BCUT2D eigenvalue weighted by molar-refractivity contribution is 9.08. The Balaban J connectivity index is 1.78. The number of carbonyl (C=O) groups excluding carboxylic acids is 1. The number of alkyl halides is 1. The fourth-order valence-corrected chi connectivity index (χ4v) is 6.20. The number of aromatic nitrogens is 2. The van der Waals surface area contributed by atoms with E-state index >= 15 is 0 Å². The third kappa shape index (κ3) is 6.67. The van der Waals surface area contributed by atoms with Crippen LogP contribution < -0.4 is 9.61 Å². The van der Waals surface area contributed by atoms with Crippen LogP contribution in [0.3, 0.4) is 0 Å². The fraction of sp³-hybridized carbons (Fsp3) is 0.360. The van der Waals surface area contributed by atoms with E-state index in [1.807, 2.05) is 5.01 Å². The zero-order chi connectivity index (χ0) is 26.6. The van der Waals surface area contributed by atoms with Gasteiger partial charge in [0.15, 0.2) is 5.69 Å². The normalized spacial score (nSPS) is 14.5. The number of nitrogens with zero attached hydrogens (tertiary/aromatic N) is 3. The van der Waals surface area contributed by atoms with E-state index in [-0.39, 0.29) is 23.1 Å². The van der Waals surface area contributed by atoms with Crippen molar-refractivity contribution in [1.82, 2.24) is 20.2 Å². The highest BCUT2D eigenvalue weighted by Crippen LogP contribution is 2.35. The van der Waals surface area contributed by atoms with E-state index in [9.17, 15) is 13.2 Å². The van der Waals surface area contributed by atoms with Gasteiger partial charge in [-0.1, -0.05) is 52.5 Å². The van der Waals surface area contributed by atoms with E-state index in [0.717, 1.165) is 32.4 Å². The Morgan fingerprint density at radius 3 is 2.43 bits per heavy atom. The maximum atomic E-state index is 13.3. The smallest absolute Gasteiger partial charge is 0.309 e. The second kappa shape index (κ2) is 12.2. The minimum atomic E-state index is -3.67. The van der Waals surface area contributed by atoms with Crippen LogP contribution in [-0.4, -0.2) is 48.0 Å². The molecule has 2 aromatic carbocycles. The van der Waals surface area contributed by atoms with Crippen LogP contribution in [0, 0.1) is 0 Å². The number of rotatable bonds is 9. The van der Waals surface area contributed by atoms with Crippen LogP contribution in [0.1, 0.15) is 48.7 Å². The molecule has 198 valence electrons. The number of amides is 1. The molecule has 0 unspecified atom stereocenters. The summed E-state index contributed by atoms with van der Waals surface area (Å²) in [5, 5.41) is 7.79. The number of carbonyl (C=O) groups is 1. The summed E-state index contributed by atoms with van der Waals surface area (Å²) in [5.41, 5.74) is 5.78. The molecule has 1 saturated heterocycles. The van der Waals surface area contributed by atoms with Gasteiger partial charge in [0, 0.05) is 34.6 Å². The Kier molecular flexibility index (Phi) is 9.18. The molecule has 1 fully saturated rings. The monoisotopic (exact) mass is 628 g/mol. The van der Waals surface area contributed by atoms with Crippen LogP contribution in [0.2, 0.25) is 10.0 Å². The molecule has 0 saturated carbocycles. The molecule has 1 aliphatic rings. The first-order valence-corrected chi connectivity index (χ1v) is 15.4. The summed E-state index contributed by atoms with van der Waals surface area (Å²) >= 11 is 16.2. The number of hydrazine groups is 1. The van der Waals surface area contributed by atoms with Gasteiger partial charge < -0.3 is 4.18 Å². The molecule has 0 radical (unpaired) electrons. The van der Waals surface area contributed by atoms with Crippen LogP contribution >= 0.6 is 39.1 Å². The Hall–Kier alpha value is -2.11. The Morgan fingerprint density at radius 1 is 1.11 bits per heavy atom. The van der Waals surface area contributed by atoms with Crippen LogP contribution in [0.25, 0.3) is 16.9 Å². The molecule has 37 heavy (non-hydrogen) atoms. The third-order valence-electron chi connectivity index (χ3n) is 5.89. The highest BCUT2D eigenvalue weighted by Gasteiger charge is 2.27. The van der Waals surface area contributed by atoms with E-state index < -0.39 is 10.1 Å². The van der Waals surface area contributed by atoms with Gasteiger partial charge in [-0.05, 0) is 61.7 Å². The molecule has 1 aromatic heterocycles. The summed E-state index contributed by atoms with van der Waals surface area (Å²) in [6.45, 7) is 3.34. The van der Waals surface area contributed by atoms with Crippen molar-refractivity contribution in [1.29, 1.82) is 0 Å². The summed E-state index contributed by atoms with van der Waals surface area (Å²) in [6.07, 6.45) is 3.65. The van der Waals surface area contributed by atoms with Crippen molar-refractivity contribution in [2.45, 2.75) is 37.9 Å². The minimum absolute atomic E-state index is 0.0696. The first-order valence-electron chi connectivity index (χ1n) is 11.9. The van der Waals surface area contributed by atoms with Gasteiger partial charge in [0.25, 0.3) is 5.91 Å². The molecule has 0 aliphatic carbocycles. The summed E-state index contributed by atoms with van der Waals surface area (Å²) in [6, 6.07) is 11.7. The van der Waals surface area contributed by atoms with E-state index in [1.54, 1.807) is 54.1 Å². The van der Waals surface area contributed by atoms with Gasteiger partial charge >= 0.3 is 10.1 Å². The van der Waals surface area contributed by atoms with Crippen molar-refractivity contribution in [3.63, 3.8) is 0 Å². The van der Waals surface area contributed by atoms with Crippen molar-refractivity contribution in [3.8, 4) is 22.7 Å². The van der Waals surface area contributed by atoms with Gasteiger partial charge in [0.2, 0.25) is 0 Å². The minimum Gasteiger partial charge on any atom is -0.382 e. The van der Waals surface area contributed by atoms with Crippen LogP contribution in [0.4, 0.5) is 0 Å². The lowest BCUT2D eigenvalue weighted by Gasteiger charge is -2.26. The van der Waals surface area contributed by atoms with Crippen LogP contribution in [0.15, 0.2) is 42.5 Å². The second-order valence-electron chi connectivity index (χ2n) is 8.68. The summed E-state index contributed by atoms with van der Waals surface area (Å²) < 4.78 is 31.0. The number of halogens is 3. The maximum Gasteiger partial charge on any atom is 0.309 e. The first kappa shape index (κ1) is 27.9. The molecule has 4 rings (SSSR count). The van der Waals surface area contributed by atoms with Crippen LogP contribution in [0.5, 0.6) is 5.75 Å². The van der Waals surface area contributed by atoms with E-state index in [2.05, 4.69) is 26.5 Å². The highest BCUT2D eigenvalue weighted by atomic mass is 79.9. The van der Waals surface area contributed by atoms with Crippen molar-refractivity contribution < 1.29 is 17.4 Å². The molecular formula is C25H27BrCl2N4O4S. The van der Waals surface area contributed by atoms with Gasteiger partial charge in [0.05, 0.1) is 22.2 Å². The van der Waals surface area contributed by atoms with E-state index in [1.165, 1.54) is 0 Å². The lowest BCUT2D eigenvalue weighted by Crippen LogP contribution is -2.45. The molecule has 0 bridgehead atoms. The fourth-order valence-electron chi connectivity index (χ4n) is 4.19. The second-order valence-corrected chi connectivity index (χ2v) is 11.8. The van der Waals surface area contributed by atoms with Gasteiger partial charge in [-0.15, -0.1) is 0 Å². The van der Waals surface area contributed by atoms with Gasteiger partial charge in [-0.3, -0.25) is 10.2 Å². The molecule has 1 N–H and O–H groups in total. The lowest BCUT2D eigenvalue weighted by atomic mass is 10.1. The number of nitrogens with one attached hydrogen (secondary N) is 1. The Bertz CT molecular complexity index is 1370. The number of hydrogen-bond acceptors (Lipinski definition) is 6. The van der Waals surface area contributed by atoms with Gasteiger partial charge in [-0.2, -0.15) is 13.5 Å². The zero-order valence-electron chi connectivity index (χ0n) is 20.2. The standard InChI is InChI=1S/C25H27BrCl2N4O4S/c1-2-14-37(34,35)36-19-9-6-17(7-10-19)24-20(16-26)23(25(33)30-31-12-4-3-5-13-31)29-32(24)22-11-8-18(27)15-21(22)28/h6-11,15H,2-5,12-14,16H2,1H3,(H,30,33). The van der Waals surface area contributed by atoms with Gasteiger partial charge in [0.1, 0.15) is 5.75 Å². The predicted octanol–water partition coefficient (Wildman–Crippen LogP) is 5.99. The zero-order valence-corrected chi connectivity index (χ0v) is 24.1. The molecule has 1 aliphatic heterocycles. The number of benzene rings is 2. The van der Waals surface area contributed by atoms with E-state index in [0.29, 0.717) is 44.3 Å². The molecule has 0 atom stereocenters. The number of hydrogen-bond donors (Lipinski definition) is 1. The summed E-state index contributed by atoms with van der Waals surface area (Å²) in [4.78, 5) is 13.3. The predicted molar refractivity (Wildman–Crippen MR) is 149 cm³/mol. The van der Waals surface area contributed by atoms with Crippen LogP contribution in [-0.2, 0) is 15.4 Å². The third-order valence-corrected chi connectivity index (χ3v) is 8.34. The Labute approximate surface area is 235 Å². The van der Waals surface area contributed by atoms with Crippen molar-refractivity contribution in [2.24, 2.45) is 0 Å². The molecule has 1 amide bonds. The topological polar surface area (TPSA) is 93.5 Å². The molecule has 2 heterocycles. The SMILES string of the molecule is CCCS(=O)(=O)Oc1ccc(-c2c(CBr)c(C(=O)NN3CCCCC3)nn2-c2ccc(Cl)cc2Cl)cc1. The average Bonchev–Trinajstić information content (AvgIpc) is 3.24. The summed E-state index contributed by atoms with van der Waals surface area (Å²) in [7, 11) is -3.67. The average molecular weight is 630 g/mol. The maximum absolute atomic E-state index is 13.3. The van der Waals surface area contributed by atoms with Crippen molar-refractivity contribution in [2.75, 3.05) is 18.8 Å². The quantitative estimate of drug-likeness (QED) is 0.231.